The van der Waals surface area contributed by atoms with Gasteiger partial charge in [0.1, 0.15) is 0 Å². The lowest BCUT2D eigenvalue weighted by Crippen LogP contribution is -2.41. The first-order valence-electron chi connectivity index (χ1n) is 6.12. The van der Waals surface area contributed by atoms with E-state index in [1.165, 1.54) is 23.2 Å². The molecule has 0 radical (unpaired) electrons. The van der Waals surface area contributed by atoms with E-state index in [0.717, 1.165) is 18.6 Å². The van der Waals surface area contributed by atoms with Gasteiger partial charge in [-0.1, -0.05) is 0 Å². The van der Waals surface area contributed by atoms with Crippen LogP contribution in [0, 0.1) is 0 Å². The van der Waals surface area contributed by atoms with Crippen LogP contribution in [0.15, 0.2) is 23.7 Å². The molecule has 90 valence electrons. The first-order chi connectivity index (χ1) is 8.36. The summed E-state index contributed by atoms with van der Waals surface area (Å²) in [5.41, 5.74) is 4.38. The second kappa shape index (κ2) is 4.63. The van der Waals surface area contributed by atoms with Gasteiger partial charge in [0.05, 0.1) is 15.7 Å². The topological polar surface area (TPSA) is 28.2 Å². The molecule has 1 aliphatic heterocycles. The maximum Gasteiger partial charge on any atom is 0.0813 e. The lowest BCUT2D eigenvalue weighted by Gasteiger charge is -2.33. The molecule has 0 atom stereocenters. The molecule has 0 saturated carbocycles. The van der Waals surface area contributed by atoms with Gasteiger partial charge in [-0.05, 0) is 38.1 Å². The zero-order valence-electron chi connectivity index (χ0n) is 10.0. The molecule has 2 heterocycles. The SMILES string of the molecule is CNC1CCN(c2ccc3ncsc3c2)CC1. The van der Waals surface area contributed by atoms with Gasteiger partial charge >= 0.3 is 0 Å². The van der Waals surface area contributed by atoms with Gasteiger partial charge in [0, 0.05) is 24.8 Å². The van der Waals surface area contributed by atoms with Crippen molar-refractivity contribution in [1.29, 1.82) is 0 Å². The van der Waals surface area contributed by atoms with Gasteiger partial charge in [0.2, 0.25) is 0 Å². The number of hydrogen-bond acceptors (Lipinski definition) is 4. The molecule has 17 heavy (non-hydrogen) atoms. The molecule has 3 rings (SSSR count). The Balaban J connectivity index is 1.79. The van der Waals surface area contributed by atoms with Crippen LogP contribution >= 0.6 is 11.3 Å². The summed E-state index contributed by atoms with van der Waals surface area (Å²) in [5, 5.41) is 3.37. The van der Waals surface area contributed by atoms with Crippen molar-refractivity contribution >= 4 is 27.2 Å². The van der Waals surface area contributed by atoms with Gasteiger partial charge in [0.15, 0.2) is 0 Å². The average molecular weight is 247 g/mol. The zero-order valence-corrected chi connectivity index (χ0v) is 10.8. The van der Waals surface area contributed by atoms with Crippen molar-refractivity contribution in [2.45, 2.75) is 18.9 Å². The third kappa shape index (κ3) is 2.15. The summed E-state index contributed by atoms with van der Waals surface area (Å²) in [5.74, 6) is 0. The fraction of sp³-hybridized carbons (Fsp3) is 0.462. The lowest BCUT2D eigenvalue weighted by atomic mass is 10.0. The summed E-state index contributed by atoms with van der Waals surface area (Å²) in [4.78, 5) is 6.80. The zero-order chi connectivity index (χ0) is 11.7. The van der Waals surface area contributed by atoms with Crippen molar-refractivity contribution in [2.24, 2.45) is 0 Å². The largest absolute Gasteiger partial charge is 0.371 e. The van der Waals surface area contributed by atoms with Gasteiger partial charge in [-0.2, -0.15) is 0 Å². The number of nitrogens with one attached hydrogen (secondary N) is 1. The van der Waals surface area contributed by atoms with E-state index >= 15 is 0 Å². The van der Waals surface area contributed by atoms with E-state index in [-0.39, 0.29) is 0 Å². The van der Waals surface area contributed by atoms with Crippen LogP contribution in [-0.4, -0.2) is 31.2 Å². The first kappa shape index (κ1) is 11.0. The number of aromatic nitrogens is 1. The Morgan fingerprint density at radius 1 is 1.35 bits per heavy atom. The van der Waals surface area contributed by atoms with E-state index in [2.05, 4.69) is 40.4 Å². The van der Waals surface area contributed by atoms with E-state index in [9.17, 15) is 0 Å². The molecule has 2 aromatic rings. The summed E-state index contributed by atoms with van der Waals surface area (Å²) in [6.45, 7) is 2.30. The van der Waals surface area contributed by atoms with Crippen molar-refractivity contribution < 1.29 is 0 Å². The highest BCUT2D eigenvalue weighted by molar-refractivity contribution is 7.16. The van der Waals surface area contributed by atoms with Crippen molar-refractivity contribution in [3.05, 3.63) is 23.7 Å². The maximum atomic E-state index is 4.32. The highest BCUT2D eigenvalue weighted by Gasteiger charge is 2.18. The Morgan fingerprint density at radius 3 is 2.94 bits per heavy atom. The number of benzene rings is 1. The van der Waals surface area contributed by atoms with Gasteiger partial charge in [-0.3, -0.25) is 0 Å². The summed E-state index contributed by atoms with van der Waals surface area (Å²) >= 11 is 1.72. The minimum Gasteiger partial charge on any atom is -0.371 e. The minimum absolute atomic E-state index is 0.693. The lowest BCUT2D eigenvalue weighted by molar-refractivity contribution is 0.442. The molecule has 4 heteroatoms. The van der Waals surface area contributed by atoms with Crippen LogP contribution < -0.4 is 10.2 Å². The molecule has 1 aromatic carbocycles. The minimum atomic E-state index is 0.693. The van der Waals surface area contributed by atoms with E-state index in [1.807, 2.05) is 5.51 Å². The molecular formula is C13H17N3S. The van der Waals surface area contributed by atoms with Crippen LogP contribution in [0.1, 0.15) is 12.8 Å². The highest BCUT2D eigenvalue weighted by Crippen LogP contribution is 2.26. The number of anilines is 1. The van der Waals surface area contributed by atoms with E-state index < -0.39 is 0 Å². The Hall–Kier alpha value is -1.13. The molecule has 1 fully saturated rings. The van der Waals surface area contributed by atoms with Crippen molar-refractivity contribution in [2.75, 3.05) is 25.0 Å². The molecule has 1 aliphatic rings. The number of fused-ring (bicyclic) bond motifs is 1. The molecule has 1 N–H and O–H groups in total. The number of nitrogens with zero attached hydrogens (tertiary/aromatic N) is 2. The van der Waals surface area contributed by atoms with Crippen LogP contribution in [0.5, 0.6) is 0 Å². The Labute approximate surface area is 105 Å². The summed E-state index contributed by atoms with van der Waals surface area (Å²) in [6.07, 6.45) is 2.47. The van der Waals surface area contributed by atoms with Crippen molar-refractivity contribution in [3.8, 4) is 0 Å². The fourth-order valence-corrected chi connectivity index (χ4v) is 3.18. The van der Waals surface area contributed by atoms with Crippen LogP contribution in [0.25, 0.3) is 10.2 Å². The molecule has 3 nitrogen and oxygen atoms in total. The summed E-state index contributed by atoms with van der Waals surface area (Å²) < 4.78 is 1.29. The van der Waals surface area contributed by atoms with Crippen LogP contribution in [0.4, 0.5) is 5.69 Å². The van der Waals surface area contributed by atoms with E-state index in [4.69, 9.17) is 0 Å². The van der Waals surface area contributed by atoms with Crippen molar-refractivity contribution in [1.82, 2.24) is 10.3 Å². The number of hydrogen-bond donors (Lipinski definition) is 1. The molecular weight excluding hydrogens is 230 g/mol. The predicted octanol–water partition coefficient (Wildman–Crippen LogP) is 2.48. The Bertz CT molecular complexity index is 500. The monoisotopic (exact) mass is 247 g/mol. The molecule has 0 bridgehead atoms. The fourth-order valence-electron chi connectivity index (χ4n) is 2.47. The third-order valence-electron chi connectivity index (χ3n) is 3.58. The highest BCUT2D eigenvalue weighted by atomic mass is 32.1. The number of rotatable bonds is 2. The second-order valence-electron chi connectivity index (χ2n) is 4.55. The molecule has 0 aliphatic carbocycles. The standard InChI is InChI=1S/C13H17N3S/c1-14-10-4-6-16(7-5-10)11-2-3-12-13(8-11)17-9-15-12/h2-3,8-10,14H,4-7H2,1H3. The molecule has 1 saturated heterocycles. The summed E-state index contributed by atoms with van der Waals surface area (Å²) in [6, 6.07) is 7.29. The second-order valence-corrected chi connectivity index (χ2v) is 5.44. The Kier molecular flexibility index (Phi) is 2.99. The van der Waals surface area contributed by atoms with Crippen LogP contribution in [0.3, 0.4) is 0 Å². The van der Waals surface area contributed by atoms with Crippen LogP contribution in [0.2, 0.25) is 0 Å². The smallest absolute Gasteiger partial charge is 0.0813 e. The molecule has 0 spiro atoms. The Morgan fingerprint density at radius 2 is 2.18 bits per heavy atom. The quantitative estimate of drug-likeness (QED) is 0.883. The molecule has 1 aromatic heterocycles. The van der Waals surface area contributed by atoms with Crippen LogP contribution in [-0.2, 0) is 0 Å². The third-order valence-corrected chi connectivity index (χ3v) is 4.37. The van der Waals surface area contributed by atoms with Gasteiger partial charge < -0.3 is 10.2 Å². The van der Waals surface area contributed by atoms with Gasteiger partial charge in [-0.15, -0.1) is 11.3 Å². The van der Waals surface area contributed by atoms with Gasteiger partial charge in [0.25, 0.3) is 0 Å². The van der Waals surface area contributed by atoms with Crippen molar-refractivity contribution in [3.63, 3.8) is 0 Å². The average Bonchev–Trinajstić information content (AvgIpc) is 2.86. The first-order valence-corrected chi connectivity index (χ1v) is 7.00. The van der Waals surface area contributed by atoms with E-state index in [0.29, 0.717) is 6.04 Å². The maximum absolute atomic E-state index is 4.32. The molecule has 0 unspecified atom stereocenters. The molecule has 0 amide bonds. The van der Waals surface area contributed by atoms with E-state index in [1.54, 1.807) is 11.3 Å². The normalized spacial score (nSPS) is 17.8. The van der Waals surface area contributed by atoms with Gasteiger partial charge in [-0.25, -0.2) is 4.98 Å². The summed E-state index contributed by atoms with van der Waals surface area (Å²) in [7, 11) is 2.06. The number of thiazole rings is 1. The predicted molar refractivity (Wildman–Crippen MR) is 73.9 cm³/mol. The number of piperidine rings is 1.